The lowest BCUT2D eigenvalue weighted by Crippen LogP contribution is -2.35. The van der Waals surface area contributed by atoms with Crippen LogP contribution in [-0.2, 0) is 17.6 Å². The lowest BCUT2D eigenvalue weighted by Gasteiger charge is -2.22. The first-order valence-electron chi connectivity index (χ1n) is 7.60. The zero-order chi connectivity index (χ0) is 14.8. The molecule has 0 bridgehead atoms. The number of benzene rings is 2. The van der Waals surface area contributed by atoms with Crippen LogP contribution in [0, 0.1) is 6.92 Å². The summed E-state index contributed by atoms with van der Waals surface area (Å²) in [5.74, 6) is 0.230. The molecular weight excluding hydrogens is 258 g/mol. The van der Waals surface area contributed by atoms with E-state index in [0.29, 0.717) is 6.42 Å². The quantitative estimate of drug-likeness (QED) is 0.834. The number of aryl methyl sites for hydroxylation is 2. The highest BCUT2D eigenvalue weighted by Crippen LogP contribution is 2.32. The summed E-state index contributed by atoms with van der Waals surface area (Å²) >= 11 is 0. The summed E-state index contributed by atoms with van der Waals surface area (Å²) in [5.41, 5.74) is 4.87. The van der Waals surface area contributed by atoms with Gasteiger partial charge in [0, 0.05) is 18.2 Å². The molecule has 0 spiro atoms. The van der Waals surface area contributed by atoms with Gasteiger partial charge in [0.05, 0.1) is 0 Å². The smallest absolute Gasteiger partial charge is 0.227 e. The number of hydrogen-bond donors (Lipinski definition) is 0. The van der Waals surface area contributed by atoms with Crippen molar-refractivity contribution in [1.29, 1.82) is 0 Å². The van der Waals surface area contributed by atoms with Crippen LogP contribution in [-0.4, -0.2) is 11.9 Å². The molecule has 0 N–H and O–H groups in total. The molecule has 1 unspecified atom stereocenters. The Morgan fingerprint density at radius 1 is 1.14 bits per heavy atom. The van der Waals surface area contributed by atoms with Gasteiger partial charge in [0.2, 0.25) is 5.91 Å². The van der Waals surface area contributed by atoms with Crippen molar-refractivity contribution in [1.82, 2.24) is 0 Å². The molecule has 1 amide bonds. The van der Waals surface area contributed by atoms with Gasteiger partial charge in [-0.3, -0.25) is 4.79 Å². The molecule has 2 nitrogen and oxygen atoms in total. The Balaban J connectivity index is 1.70. The number of carbonyl (C=O) groups is 1. The van der Waals surface area contributed by atoms with Crippen LogP contribution in [0.25, 0.3) is 0 Å². The van der Waals surface area contributed by atoms with Crippen molar-refractivity contribution < 1.29 is 4.79 Å². The number of anilines is 1. The summed E-state index contributed by atoms with van der Waals surface area (Å²) in [5, 5.41) is 0. The fourth-order valence-corrected chi connectivity index (χ4v) is 3.07. The van der Waals surface area contributed by atoms with E-state index in [-0.39, 0.29) is 11.9 Å². The highest BCUT2D eigenvalue weighted by atomic mass is 16.2. The van der Waals surface area contributed by atoms with Gasteiger partial charge in [0.15, 0.2) is 0 Å². The van der Waals surface area contributed by atoms with Crippen LogP contribution in [0.4, 0.5) is 5.69 Å². The molecule has 2 aromatic carbocycles. The number of rotatable bonds is 3. The van der Waals surface area contributed by atoms with E-state index in [1.807, 2.05) is 17.0 Å². The molecule has 2 heteroatoms. The maximum Gasteiger partial charge on any atom is 0.227 e. The van der Waals surface area contributed by atoms with Gasteiger partial charge < -0.3 is 4.90 Å². The van der Waals surface area contributed by atoms with Crippen molar-refractivity contribution in [2.45, 2.75) is 39.2 Å². The number of carbonyl (C=O) groups excluding carboxylic acids is 1. The number of nitrogens with zero attached hydrogens (tertiary/aromatic N) is 1. The van der Waals surface area contributed by atoms with Gasteiger partial charge in [-0.15, -0.1) is 0 Å². The predicted octanol–water partition coefficient (Wildman–Crippen LogP) is 3.91. The second-order valence-electron chi connectivity index (χ2n) is 5.93. The SMILES string of the molecule is Cc1ccc(CCC(=O)N2c3ccccc3CC2C)cc1. The molecule has 0 saturated heterocycles. The molecule has 3 rings (SSSR count). The molecule has 2 aromatic rings. The van der Waals surface area contributed by atoms with Crippen LogP contribution in [0.1, 0.15) is 30.0 Å². The first-order valence-corrected chi connectivity index (χ1v) is 7.60. The van der Waals surface area contributed by atoms with Gasteiger partial charge in [-0.25, -0.2) is 0 Å². The molecule has 0 aliphatic carbocycles. The van der Waals surface area contributed by atoms with E-state index < -0.39 is 0 Å². The largest absolute Gasteiger partial charge is 0.309 e. The third-order valence-electron chi connectivity index (χ3n) is 4.22. The van der Waals surface area contributed by atoms with E-state index in [1.54, 1.807) is 0 Å². The van der Waals surface area contributed by atoms with Crippen LogP contribution < -0.4 is 4.90 Å². The fourth-order valence-electron chi connectivity index (χ4n) is 3.07. The third-order valence-corrected chi connectivity index (χ3v) is 4.22. The summed E-state index contributed by atoms with van der Waals surface area (Å²) in [6.45, 7) is 4.21. The van der Waals surface area contributed by atoms with Crippen molar-refractivity contribution in [3.8, 4) is 0 Å². The predicted molar refractivity (Wildman–Crippen MR) is 86.6 cm³/mol. The van der Waals surface area contributed by atoms with Crippen LogP contribution in [0.15, 0.2) is 48.5 Å². The summed E-state index contributed by atoms with van der Waals surface area (Å²) in [6.07, 6.45) is 2.35. The van der Waals surface area contributed by atoms with Crippen molar-refractivity contribution >= 4 is 11.6 Å². The zero-order valence-corrected chi connectivity index (χ0v) is 12.7. The number of para-hydroxylation sites is 1. The molecule has 1 heterocycles. The maximum atomic E-state index is 12.6. The highest BCUT2D eigenvalue weighted by Gasteiger charge is 2.29. The maximum absolute atomic E-state index is 12.6. The van der Waals surface area contributed by atoms with E-state index in [9.17, 15) is 4.79 Å². The van der Waals surface area contributed by atoms with Gasteiger partial charge in [-0.2, -0.15) is 0 Å². The third kappa shape index (κ3) is 2.85. The summed E-state index contributed by atoms with van der Waals surface area (Å²) in [6, 6.07) is 17.0. The van der Waals surface area contributed by atoms with Gasteiger partial charge in [-0.1, -0.05) is 48.0 Å². The molecule has 0 saturated carbocycles. The van der Waals surface area contributed by atoms with Crippen molar-refractivity contribution in [2.75, 3.05) is 4.90 Å². The Labute approximate surface area is 126 Å². The molecule has 1 atom stereocenters. The minimum Gasteiger partial charge on any atom is -0.309 e. The molecule has 0 radical (unpaired) electrons. The van der Waals surface area contributed by atoms with Gasteiger partial charge in [-0.05, 0) is 43.9 Å². The number of fused-ring (bicyclic) bond motifs is 1. The molecule has 1 aliphatic rings. The fraction of sp³-hybridized carbons (Fsp3) is 0.316. The van der Waals surface area contributed by atoms with Gasteiger partial charge in [0.25, 0.3) is 0 Å². The number of amides is 1. The van der Waals surface area contributed by atoms with Crippen LogP contribution >= 0.6 is 0 Å². The summed E-state index contributed by atoms with van der Waals surface area (Å²) in [4.78, 5) is 14.6. The standard InChI is InChI=1S/C19H21NO/c1-14-7-9-16(10-8-14)11-12-19(21)20-15(2)13-17-5-3-4-6-18(17)20/h3-10,15H,11-13H2,1-2H3. The zero-order valence-electron chi connectivity index (χ0n) is 12.7. The molecular formula is C19H21NO. The monoisotopic (exact) mass is 279 g/mol. The van der Waals surface area contributed by atoms with Crippen LogP contribution in [0.5, 0.6) is 0 Å². The van der Waals surface area contributed by atoms with E-state index in [0.717, 1.165) is 18.5 Å². The average Bonchev–Trinajstić information content (AvgIpc) is 2.82. The second kappa shape index (κ2) is 5.72. The molecule has 0 aromatic heterocycles. The lowest BCUT2D eigenvalue weighted by molar-refractivity contribution is -0.118. The molecule has 1 aliphatic heterocycles. The number of hydrogen-bond acceptors (Lipinski definition) is 1. The Hall–Kier alpha value is -2.09. The molecule has 108 valence electrons. The Morgan fingerprint density at radius 2 is 1.86 bits per heavy atom. The molecule has 21 heavy (non-hydrogen) atoms. The van der Waals surface area contributed by atoms with E-state index in [4.69, 9.17) is 0 Å². The topological polar surface area (TPSA) is 20.3 Å². The minimum atomic E-state index is 0.230. The highest BCUT2D eigenvalue weighted by molar-refractivity contribution is 5.96. The van der Waals surface area contributed by atoms with Gasteiger partial charge in [0.1, 0.15) is 0 Å². The Bertz CT molecular complexity index is 645. The molecule has 0 fully saturated rings. The lowest BCUT2D eigenvalue weighted by atomic mass is 10.1. The van der Waals surface area contributed by atoms with E-state index in [1.165, 1.54) is 16.7 Å². The van der Waals surface area contributed by atoms with Crippen LogP contribution in [0.3, 0.4) is 0 Å². The van der Waals surface area contributed by atoms with Crippen LogP contribution in [0.2, 0.25) is 0 Å². The average molecular weight is 279 g/mol. The first kappa shape index (κ1) is 13.9. The first-order chi connectivity index (χ1) is 10.1. The van der Waals surface area contributed by atoms with Crippen molar-refractivity contribution in [3.63, 3.8) is 0 Å². The van der Waals surface area contributed by atoms with Gasteiger partial charge >= 0.3 is 0 Å². The Morgan fingerprint density at radius 3 is 2.62 bits per heavy atom. The van der Waals surface area contributed by atoms with E-state index in [2.05, 4.69) is 50.2 Å². The summed E-state index contributed by atoms with van der Waals surface area (Å²) in [7, 11) is 0. The second-order valence-corrected chi connectivity index (χ2v) is 5.93. The normalized spacial score (nSPS) is 16.9. The van der Waals surface area contributed by atoms with E-state index >= 15 is 0 Å². The van der Waals surface area contributed by atoms with Crippen molar-refractivity contribution in [3.05, 3.63) is 65.2 Å². The Kier molecular flexibility index (Phi) is 3.78. The van der Waals surface area contributed by atoms with Crippen molar-refractivity contribution in [2.24, 2.45) is 0 Å². The minimum absolute atomic E-state index is 0.230. The summed E-state index contributed by atoms with van der Waals surface area (Å²) < 4.78 is 0.